The van der Waals surface area contributed by atoms with E-state index in [0.717, 1.165) is 30.6 Å². The fourth-order valence-electron chi connectivity index (χ4n) is 4.49. The average Bonchev–Trinajstić information content (AvgIpc) is 2.70. The van der Waals surface area contributed by atoms with Gasteiger partial charge in [0.15, 0.2) is 0 Å². The molecule has 2 aromatic carbocycles. The van der Waals surface area contributed by atoms with Gasteiger partial charge in [0.05, 0.1) is 10.9 Å². The van der Waals surface area contributed by atoms with Gasteiger partial charge in [-0.1, -0.05) is 49.7 Å². The molecule has 1 aliphatic rings. The number of nitrogens with zero attached hydrogens (tertiary/aromatic N) is 1. The molecule has 1 saturated heterocycles. The van der Waals surface area contributed by atoms with E-state index in [1.54, 1.807) is 12.1 Å². The van der Waals surface area contributed by atoms with Crippen molar-refractivity contribution in [1.29, 1.82) is 0 Å². The highest BCUT2D eigenvalue weighted by molar-refractivity contribution is 6.32. The topological polar surface area (TPSA) is 66.6 Å². The number of amides is 1. The number of para-hydroxylation sites is 1. The van der Waals surface area contributed by atoms with E-state index in [0.29, 0.717) is 5.92 Å². The minimum atomic E-state index is -0.513. The van der Waals surface area contributed by atoms with Gasteiger partial charge >= 0.3 is 0 Å². The van der Waals surface area contributed by atoms with E-state index >= 15 is 0 Å². The molecule has 3 N–H and O–H groups in total. The summed E-state index contributed by atoms with van der Waals surface area (Å²) >= 11 is 6.16. The van der Waals surface area contributed by atoms with Crippen LogP contribution in [0.4, 0.5) is 5.69 Å². The van der Waals surface area contributed by atoms with E-state index in [-0.39, 0.29) is 22.6 Å². The van der Waals surface area contributed by atoms with Gasteiger partial charge in [0, 0.05) is 24.7 Å². The van der Waals surface area contributed by atoms with E-state index in [2.05, 4.69) is 36.9 Å². The molecule has 1 aliphatic heterocycles. The van der Waals surface area contributed by atoms with E-state index in [9.17, 15) is 9.90 Å². The fraction of sp³-hybridized carbons (Fsp3) is 0.458. The number of rotatable bonds is 7. The summed E-state index contributed by atoms with van der Waals surface area (Å²) in [7, 11) is 0. The van der Waals surface area contributed by atoms with Gasteiger partial charge in [-0.05, 0) is 60.9 Å². The highest BCUT2D eigenvalue weighted by Crippen LogP contribution is 2.43. The van der Waals surface area contributed by atoms with Crippen molar-refractivity contribution in [2.24, 2.45) is 11.7 Å². The second-order valence-electron chi connectivity index (χ2n) is 8.43. The molecule has 1 heterocycles. The van der Waals surface area contributed by atoms with Crippen LogP contribution in [-0.2, 0) is 4.79 Å². The van der Waals surface area contributed by atoms with Crippen molar-refractivity contribution in [1.82, 2.24) is 0 Å². The zero-order valence-electron chi connectivity index (χ0n) is 17.3. The Morgan fingerprint density at radius 3 is 2.45 bits per heavy atom. The molecule has 0 spiro atoms. The maximum Gasteiger partial charge on any atom is 0.225 e. The molecule has 2 aromatic rings. The summed E-state index contributed by atoms with van der Waals surface area (Å²) in [6.07, 6.45) is 4.48. The van der Waals surface area contributed by atoms with E-state index in [4.69, 9.17) is 17.3 Å². The number of hydrogen-bond acceptors (Lipinski definition) is 3. The number of halogens is 1. The lowest BCUT2D eigenvalue weighted by Crippen LogP contribution is -2.32. The Morgan fingerprint density at radius 1 is 1.14 bits per heavy atom. The molecule has 0 radical (unpaired) electrons. The summed E-state index contributed by atoms with van der Waals surface area (Å²) in [4.78, 5) is 15.1. The molecule has 4 nitrogen and oxygen atoms in total. The lowest BCUT2D eigenvalue weighted by molar-refractivity contribution is -0.120. The number of primary amides is 1. The Labute approximate surface area is 178 Å². The summed E-state index contributed by atoms with van der Waals surface area (Å²) in [5.41, 5.74) is 9.06. The van der Waals surface area contributed by atoms with Crippen molar-refractivity contribution < 1.29 is 9.90 Å². The highest BCUT2D eigenvalue weighted by atomic mass is 35.5. The van der Waals surface area contributed by atoms with Gasteiger partial charge in [-0.2, -0.15) is 0 Å². The summed E-state index contributed by atoms with van der Waals surface area (Å²) in [5, 5.41) is 10.1. The molecule has 2 atom stereocenters. The van der Waals surface area contributed by atoms with Crippen molar-refractivity contribution >= 4 is 23.2 Å². The molecule has 1 fully saturated rings. The number of aromatic hydroxyl groups is 1. The lowest BCUT2D eigenvalue weighted by atomic mass is 9.76. The Hall–Kier alpha value is -2.20. The molecule has 1 amide bonds. The minimum absolute atomic E-state index is 0.00719. The predicted octanol–water partition coefficient (Wildman–Crippen LogP) is 5.43. The zero-order valence-corrected chi connectivity index (χ0v) is 18.0. The first kappa shape index (κ1) is 21.5. The van der Waals surface area contributed by atoms with Crippen LogP contribution < -0.4 is 10.6 Å². The third-order valence-corrected chi connectivity index (χ3v) is 6.10. The van der Waals surface area contributed by atoms with Crippen LogP contribution >= 0.6 is 11.6 Å². The van der Waals surface area contributed by atoms with Gasteiger partial charge < -0.3 is 15.7 Å². The molecule has 0 bridgehead atoms. The first-order valence-electron chi connectivity index (χ1n) is 10.5. The lowest BCUT2D eigenvalue weighted by Gasteiger charge is -2.35. The number of phenolic OH excluding ortho intramolecular Hbond substituents is 1. The van der Waals surface area contributed by atoms with E-state index < -0.39 is 5.92 Å². The van der Waals surface area contributed by atoms with E-state index in [1.165, 1.54) is 31.0 Å². The van der Waals surface area contributed by atoms with Crippen LogP contribution in [0.25, 0.3) is 0 Å². The first-order valence-corrected chi connectivity index (χ1v) is 10.9. The molecule has 5 heteroatoms. The van der Waals surface area contributed by atoms with Crippen molar-refractivity contribution in [2.45, 2.75) is 51.4 Å². The molecule has 0 saturated carbocycles. The molecule has 3 rings (SSSR count). The molecular formula is C24H31ClN2O2. The van der Waals surface area contributed by atoms with Crippen LogP contribution in [0, 0.1) is 5.92 Å². The standard InChI is InChI=1S/C24H31ClN2O2/c1-16(2)14-19(23(24(26)29)17-10-11-22(28)20(25)15-17)18-8-4-5-9-21(18)27-12-6-3-7-13-27/h4-5,8-11,15-16,19,23,28H,3,6-7,12-14H2,1-2H3,(H2,26,29). The van der Waals surface area contributed by atoms with Gasteiger partial charge in [0.2, 0.25) is 5.91 Å². The monoisotopic (exact) mass is 414 g/mol. The number of carbonyl (C=O) groups excluding carboxylic acids is 1. The number of hydrogen-bond donors (Lipinski definition) is 2. The second kappa shape index (κ2) is 9.53. The van der Waals surface area contributed by atoms with Gasteiger partial charge in [-0.25, -0.2) is 0 Å². The SMILES string of the molecule is CC(C)CC(c1ccccc1N1CCCCC1)C(C(N)=O)c1ccc(O)c(Cl)c1. The highest BCUT2D eigenvalue weighted by Gasteiger charge is 2.33. The molecule has 0 aromatic heterocycles. The average molecular weight is 415 g/mol. The van der Waals surface area contributed by atoms with Crippen LogP contribution in [0.5, 0.6) is 5.75 Å². The number of benzene rings is 2. The summed E-state index contributed by atoms with van der Waals surface area (Å²) < 4.78 is 0. The van der Waals surface area contributed by atoms with Crippen molar-refractivity contribution in [3.63, 3.8) is 0 Å². The fourth-order valence-corrected chi connectivity index (χ4v) is 4.67. The number of phenols is 1. The smallest absolute Gasteiger partial charge is 0.225 e. The minimum Gasteiger partial charge on any atom is -0.506 e. The third kappa shape index (κ3) is 5.05. The van der Waals surface area contributed by atoms with Gasteiger partial charge in [-0.15, -0.1) is 0 Å². The van der Waals surface area contributed by atoms with E-state index in [1.807, 2.05) is 6.07 Å². The second-order valence-corrected chi connectivity index (χ2v) is 8.84. The quantitative estimate of drug-likeness (QED) is 0.634. The van der Waals surface area contributed by atoms with Crippen LogP contribution in [0.15, 0.2) is 42.5 Å². The van der Waals surface area contributed by atoms with Crippen LogP contribution in [-0.4, -0.2) is 24.1 Å². The number of piperidine rings is 1. The number of anilines is 1. The van der Waals surface area contributed by atoms with Crippen LogP contribution in [0.2, 0.25) is 5.02 Å². The maximum absolute atomic E-state index is 12.7. The van der Waals surface area contributed by atoms with Crippen LogP contribution in [0.1, 0.15) is 62.5 Å². The largest absolute Gasteiger partial charge is 0.506 e. The predicted molar refractivity (Wildman–Crippen MR) is 120 cm³/mol. The Balaban J connectivity index is 2.09. The van der Waals surface area contributed by atoms with Crippen molar-refractivity contribution in [2.75, 3.05) is 18.0 Å². The Morgan fingerprint density at radius 2 is 1.83 bits per heavy atom. The normalized spacial score (nSPS) is 16.6. The van der Waals surface area contributed by atoms with Gasteiger partial charge in [-0.3, -0.25) is 4.79 Å². The number of nitrogens with two attached hydrogens (primary N) is 1. The van der Waals surface area contributed by atoms with Crippen LogP contribution in [0.3, 0.4) is 0 Å². The summed E-state index contributed by atoms with van der Waals surface area (Å²) in [6, 6.07) is 13.4. The molecular weight excluding hydrogens is 384 g/mol. The first-order chi connectivity index (χ1) is 13.9. The molecule has 0 aliphatic carbocycles. The zero-order chi connectivity index (χ0) is 21.0. The molecule has 2 unspecified atom stereocenters. The Bertz CT molecular complexity index is 847. The third-order valence-electron chi connectivity index (χ3n) is 5.80. The molecule has 156 valence electrons. The summed E-state index contributed by atoms with van der Waals surface area (Å²) in [6.45, 7) is 6.41. The van der Waals surface area contributed by atoms with Gasteiger partial charge in [0.1, 0.15) is 5.75 Å². The number of carbonyl (C=O) groups is 1. The maximum atomic E-state index is 12.7. The van der Waals surface area contributed by atoms with Gasteiger partial charge in [0.25, 0.3) is 0 Å². The summed E-state index contributed by atoms with van der Waals surface area (Å²) in [5.74, 6) is -0.546. The Kier molecular flexibility index (Phi) is 7.07. The van der Waals surface area contributed by atoms with Crippen molar-refractivity contribution in [3.8, 4) is 5.75 Å². The van der Waals surface area contributed by atoms with Crippen molar-refractivity contribution in [3.05, 3.63) is 58.6 Å². The molecule has 29 heavy (non-hydrogen) atoms.